The molecule has 0 fully saturated rings. The zero-order valence-corrected chi connectivity index (χ0v) is 11.4. The lowest BCUT2D eigenvalue weighted by Crippen LogP contribution is -2.31. The number of pyridine rings is 1. The molecule has 0 aliphatic heterocycles. The summed E-state index contributed by atoms with van der Waals surface area (Å²) in [5, 5.41) is 0.389. The summed E-state index contributed by atoms with van der Waals surface area (Å²) in [6.07, 6.45) is 1.74. The molecule has 0 aliphatic rings. The smallest absolute Gasteiger partial charge is 0.254 e. The van der Waals surface area contributed by atoms with Gasteiger partial charge < -0.3 is 4.90 Å². The van der Waals surface area contributed by atoms with E-state index in [2.05, 4.69) is 11.9 Å². The molecule has 1 aromatic rings. The van der Waals surface area contributed by atoms with Crippen LogP contribution in [0.5, 0.6) is 0 Å². The molecule has 0 aliphatic carbocycles. The Morgan fingerprint density at radius 3 is 2.59 bits per heavy atom. The molecule has 1 aromatic heterocycles. The van der Waals surface area contributed by atoms with E-state index < -0.39 is 0 Å². The van der Waals surface area contributed by atoms with Gasteiger partial charge in [0.1, 0.15) is 5.15 Å². The van der Waals surface area contributed by atoms with Crippen LogP contribution in [0.25, 0.3) is 0 Å². The average Bonchev–Trinajstić information content (AvgIpc) is 2.34. The van der Waals surface area contributed by atoms with Crippen molar-refractivity contribution < 1.29 is 4.79 Å². The van der Waals surface area contributed by atoms with Gasteiger partial charge in [-0.05, 0) is 31.9 Å². The van der Waals surface area contributed by atoms with Crippen molar-refractivity contribution in [3.63, 3.8) is 0 Å². The normalized spacial score (nSPS) is 10.4. The Morgan fingerprint density at radius 1 is 1.35 bits per heavy atom. The Morgan fingerprint density at radius 2 is 2.06 bits per heavy atom. The minimum Gasteiger partial charge on any atom is -0.339 e. The van der Waals surface area contributed by atoms with E-state index in [-0.39, 0.29) is 5.91 Å². The molecular weight excluding hydrogens is 236 g/mol. The van der Waals surface area contributed by atoms with Gasteiger partial charge in [-0.1, -0.05) is 25.4 Å². The molecular formula is C13H19ClN2O. The molecule has 94 valence electrons. The Balaban J connectivity index is 2.97. The molecule has 3 nitrogen and oxygen atoms in total. The Kier molecular flexibility index (Phi) is 5.42. The first-order valence-corrected chi connectivity index (χ1v) is 6.45. The average molecular weight is 255 g/mol. The van der Waals surface area contributed by atoms with Crippen molar-refractivity contribution in [2.75, 3.05) is 13.1 Å². The summed E-state index contributed by atoms with van der Waals surface area (Å²) in [5.74, 6) is 0.0355. The highest BCUT2D eigenvalue weighted by atomic mass is 35.5. The molecule has 0 radical (unpaired) electrons. The zero-order chi connectivity index (χ0) is 12.8. The van der Waals surface area contributed by atoms with Crippen molar-refractivity contribution in [3.05, 3.63) is 28.5 Å². The fraction of sp³-hybridized carbons (Fsp3) is 0.538. The van der Waals surface area contributed by atoms with Crippen LogP contribution in [0.15, 0.2) is 12.1 Å². The fourth-order valence-electron chi connectivity index (χ4n) is 1.71. The number of aromatic nitrogens is 1. The summed E-state index contributed by atoms with van der Waals surface area (Å²) < 4.78 is 0. The molecule has 0 unspecified atom stereocenters. The van der Waals surface area contributed by atoms with Gasteiger partial charge in [-0.15, -0.1) is 0 Å². The Hall–Kier alpha value is -1.09. The monoisotopic (exact) mass is 254 g/mol. The lowest BCUT2D eigenvalue weighted by atomic mass is 10.1. The van der Waals surface area contributed by atoms with Crippen LogP contribution in [0.3, 0.4) is 0 Å². The van der Waals surface area contributed by atoms with Crippen LogP contribution < -0.4 is 0 Å². The summed E-state index contributed by atoms with van der Waals surface area (Å²) in [4.78, 5) is 18.2. The summed E-state index contributed by atoms with van der Waals surface area (Å²) in [5.41, 5.74) is 1.49. The highest BCUT2D eigenvalue weighted by molar-refractivity contribution is 6.29. The first kappa shape index (κ1) is 14.0. The molecule has 1 heterocycles. The van der Waals surface area contributed by atoms with Gasteiger partial charge in [0.25, 0.3) is 5.91 Å². The number of rotatable bonds is 5. The molecule has 0 atom stereocenters. The lowest BCUT2D eigenvalue weighted by Gasteiger charge is -2.20. The fourth-order valence-corrected chi connectivity index (χ4v) is 1.94. The van der Waals surface area contributed by atoms with E-state index in [0.29, 0.717) is 17.3 Å². The maximum atomic E-state index is 12.2. The van der Waals surface area contributed by atoms with Gasteiger partial charge in [0, 0.05) is 24.3 Å². The van der Waals surface area contributed by atoms with Gasteiger partial charge in [-0.3, -0.25) is 4.79 Å². The van der Waals surface area contributed by atoms with Crippen molar-refractivity contribution >= 4 is 17.5 Å². The van der Waals surface area contributed by atoms with Crippen molar-refractivity contribution in [1.29, 1.82) is 0 Å². The second-order valence-corrected chi connectivity index (χ2v) is 4.30. The van der Waals surface area contributed by atoms with E-state index in [9.17, 15) is 4.79 Å². The highest BCUT2D eigenvalue weighted by Crippen LogP contribution is 2.13. The van der Waals surface area contributed by atoms with Gasteiger partial charge in [0.2, 0.25) is 0 Å². The summed E-state index contributed by atoms with van der Waals surface area (Å²) >= 11 is 5.92. The summed E-state index contributed by atoms with van der Waals surface area (Å²) in [6, 6.07) is 3.47. The predicted octanol–water partition coefficient (Wildman–Crippen LogP) is 3.17. The standard InChI is InChI=1S/C13H19ClN2O/c1-4-7-16(6-3)13(17)10-8-11(5-2)15-12(14)9-10/h8-9H,4-7H2,1-3H3. The second-order valence-electron chi connectivity index (χ2n) is 3.91. The SMILES string of the molecule is CCCN(CC)C(=O)c1cc(Cl)nc(CC)c1. The third-order valence-electron chi connectivity index (χ3n) is 2.62. The number of aryl methyl sites for hydroxylation is 1. The number of halogens is 1. The topological polar surface area (TPSA) is 33.2 Å². The number of carbonyl (C=O) groups is 1. The largest absolute Gasteiger partial charge is 0.339 e. The molecule has 17 heavy (non-hydrogen) atoms. The van der Waals surface area contributed by atoms with Crippen LogP contribution in [0.1, 0.15) is 43.2 Å². The predicted molar refractivity (Wildman–Crippen MR) is 70.5 cm³/mol. The summed E-state index contributed by atoms with van der Waals surface area (Å²) in [6.45, 7) is 7.53. The lowest BCUT2D eigenvalue weighted by molar-refractivity contribution is 0.0764. The Labute approximate surface area is 108 Å². The number of amides is 1. The van der Waals surface area contributed by atoms with Crippen LogP contribution >= 0.6 is 11.6 Å². The molecule has 1 rings (SSSR count). The summed E-state index contributed by atoms with van der Waals surface area (Å²) in [7, 11) is 0. The molecule has 4 heteroatoms. The second kappa shape index (κ2) is 6.60. The Bertz CT molecular complexity index is 393. The van der Waals surface area contributed by atoms with Crippen molar-refractivity contribution in [2.45, 2.75) is 33.6 Å². The number of carbonyl (C=O) groups excluding carboxylic acids is 1. The van der Waals surface area contributed by atoms with Crippen molar-refractivity contribution in [2.24, 2.45) is 0 Å². The van der Waals surface area contributed by atoms with Crippen molar-refractivity contribution in [1.82, 2.24) is 9.88 Å². The molecule has 0 saturated heterocycles. The van der Waals surface area contributed by atoms with Gasteiger partial charge in [-0.25, -0.2) is 4.98 Å². The minimum absolute atomic E-state index is 0.0355. The van der Waals surface area contributed by atoms with E-state index in [1.165, 1.54) is 0 Å². The van der Waals surface area contributed by atoms with E-state index in [1.54, 1.807) is 6.07 Å². The zero-order valence-electron chi connectivity index (χ0n) is 10.7. The molecule has 0 saturated carbocycles. The van der Waals surface area contributed by atoms with Crippen LogP contribution in [0.2, 0.25) is 5.15 Å². The quantitative estimate of drug-likeness (QED) is 0.757. The van der Waals surface area contributed by atoms with Gasteiger partial charge in [0.05, 0.1) is 0 Å². The van der Waals surface area contributed by atoms with Crippen LogP contribution in [-0.2, 0) is 6.42 Å². The van der Waals surface area contributed by atoms with Gasteiger partial charge in [0.15, 0.2) is 0 Å². The number of nitrogens with zero attached hydrogens (tertiary/aromatic N) is 2. The van der Waals surface area contributed by atoms with Crippen LogP contribution in [0, 0.1) is 0 Å². The van der Waals surface area contributed by atoms with Crippen molar-refractivity contribution in [3.8, 4) is 0 Å². The third kappa shape index (κ3) is 3.70. The number of hydrogen-bond acceptors (Lipinski definition) is 2. The van der Waals surface area contributed by atoms with E-state index >= 15 is 0 Å². The van der Waals surface area contributed by atoms with Crippen LogP contribution in [-0.4, -0.2) is 28.9 Å². The molecule has 0 aromatic carbocycles. The maximum Gasteiger partial charge on any atom is 0.254 e. The molecule has 0 N–H and O–H groups in total. The van der Waals surface area contributed by atoms with E-state index in [1.807, 2.05) is 24.8 Å². The third-order valence-corrected chi connectivity index (χ3v) is 2.81. The first-order chi connectivity index (χ1) is 8.12. The molecule has 0 bridgehead atoms. The highest BCUT2D eigenvalue weighted by Gasteiger charge is 2.14. The van der Waals surface area contributed by atoms with Gasteiger partial charge >= 0.3 is 0 Å². The molecule has 1 amide bonds. The van der Waals surface area contributed by atoms with Gasteiger partial charge in [-0.2, -0.15) is 0 Å². The van der Waals surface area contributed by atoms with Crippen LogP contribution in [0.4, 0.5) is 0 Å². The van der Waals surface area contributed by atoms with E-state index in [4.69, 9.17) is 11.6 Å². The maximum absolute atomic E-state index is 12.2. The minimum atomic E-state index is 0.0355. The molecule has 0 spiro atoms. The number of hydrogen-bond donors (Lipinski definition) is 0. The van der Waals surface area contributed by atoms with E-state index in [0.717, 1.165) is 25.1 Å². The first-order valence-electron chi connectivity index (χ1n) is 6.08.